The molecule has 2 heterocycles. The first-order chi connectivity index (χ1) is 13.0. The molecule has 1 aromatic heterocycles. The highest BCUT2D eigenvalue weighted by Crippen LogP contribution is 2.46. The number of aryl methyl sites for hydroxylation is 1. The summed E-state index contributed by atoms with van der Waals surface area (Å²) in [4.78, 5) is 22.9. The van der Waals surface area contributed by atoms with Crippen molar-refractivity contribution in [3.63, 3.8) is 0 Å². The molecular formula is C22H22NO3Si. The normalized spacial score (nSPS) is 18.7. The Kier molecular flexibility index (Phi) is 3.77. The summed E-state index contributed by atoms with van der Waals surface area (Å²) >= 11 is 0. The molecule has 2 aromatic carbocycles. The summed E-state index contributed by atoms with van der Waals surface area (Å²) in [6.07, 6.45) is 5.55. The summed E-state index contributed by atoms with van der Waals surface area (Å²) < 4.78 is 8.05. The molecule has 0 saturated heterocycles. The van der Waals surface area contributed by atoms with Crippen LogP contribution in [0.25, 0.3) is 21.9 Å². The maximum atomic E-state index is 12.6. The van der Waals surface area contributed by atoms with E-state index in [1.165, 1.54) is 18.4 Å². The molecule has 0 amide bonds. The lowest BCUT2D eigenvalue weighted by molar-refractivity contribution is 0.208. The molecule has 137 valence electrons. The van der Waals surface area contributed by atoms with Crippen LogP contribution in [-0.4, -0.2) is 24.5 Å². The fraction of sp³-hybridized carbons (Fsp3) is 0.318. The molecule has 1 unspecified atom stereocenters. The van der Waals surface area contributed by atoms with Crippen LogP contribution in [0.4, 0.5) is 0 Å². The predicted molar refractivity (Wildman–Crippen MR) is 109 cm³/mol. The van der Waals surface area contributed by atoms with Crippen LogP contribution in [-0.2, 0) is 13.5 Å². The molecule has 1 atom stereocenters. The van der Waals surface area contributed by atoms with Crippen molar-refractivity contribution in [1.82, 2.24) is 4.57 Å². The summed E-state index contributed by atoms with van der Waals surface area (Å²) in [7, 11) is 0.211. The highest BCUT2D eigenvalue weighted by Gasteiger charge is 2.38. The molecule has 4 nitrogen and oxygen atoms in total. The number of benzene rings is 2. The van der Waals surface area contributed by atoms with E-state index in [-0.39, 0.29) is 11.7 Å². The third-order valence-electron chi connectivity index (χ3n) is 5.80. The van der Waals surface area contributed by atoms with Crippen molar-refractivity contribution >= 4 is 25.0 Å². The molecule has 5 rings (SSSR count). The second kappa shape index (κ2) is 6.07. The van der Waals surface area contributed by atoms with E-state index < -0.39 is 9.04 Å². The van der Waals surface area contributed by atoms with Crippen LogP contribution in [0.15, 0.2) is 47.4 Å². The largest absolute Gasteiger partial charge is 0.489 e. The van der Waals surface area contributed by atoms with Gasteiger partial charge in [-0.2, -0.15) is 0 Å². The topological polar surface area (TPSA) is 51.5 Å². The fourth-order valence-corrected chi connectivity index (χ4v) is 4.90. The molecule has 27 heavy (non-hydrogen) atoms. The number of nitrogens with zero attached hydrogens (tertiary/aromatic N) is 1. The molecule has 0 bridgehead atoms. The van der Waals surface area contributed by atoms with Crippen LogP contribution in [0.3, 0.4) is 0 Å². The van der Waals surface area contributed by atoms with Gasteiger partial charge in [0.2, 0.25) is 9.04 Å². The third-order valence-corrected chi connectivity index (χ3v) is 6.93. The van der Waals surface area contributed by atoms with Gasteiger partial charge in [0.05, 0.1) is 0 Å². The van der Waals surface area contributed by atoms with Gasteiger partial charge in [0.15, 0.2) is 0 Å². The zero-order valence-corrected chi connectivity index (χ0v) is 16.5. The van der Waals surface area contributed by atoms with Crippen molar-refractivity contribution in [2.24, 2.45) is 13.0 Å². The highest BCUT2D eigenvalue weighted by atomic mass is 28.3. The average Bonchev–Trinajstić information content (AvgIpc) is 3.43. The standard InChI is InChI=1S/C22H22NO3Si/c1-23-12-19(16-5-3-4-6-17(16)22(23)24)18-11-15(27(2)25)9-14-10-20(13-7-8-13)26-21(14)18/h3-6,9,11-13,20,25H,7-8,10H2,1-2H3. The Bertz CT molecular complexity index is 1110. The van der Waals surface area contributed by atoms with E-state index in [9.17, 15) is 9.59 Å². The van der Waals surface area contributed by atoms with Crippen LogP contribution in [0.5, 0.6) is 5.75 Å². The zero-order chi connectivity index (χ0) is 18.7. The van der Waals surface area contributed by atoms with E-state index in [1.54, 1.807) is 11.6 Å². The molecule has 0 spiro atoms. The van der Waals surface area contributed by atoms with Crippen LogP contribution in [0.1, 0.15) is 18.4 Å². The van der Waals surface area contributed by atoms with Gasteiger partial charge in [0.25, 0.3) is 5.56 Å². The predicted octanol–water partition coefficient (Wildman–Crippen LogP) is 2.74. The van der Waals surface area contributed by atoms with Crippen molar-refractivity contribution < 1.29 is 9.53 Å². The first kappa shape index (κ1) is 16.8. The quantitative estimate of drug-likeness (QED) is 0.715. The second-order valence-corrected chi connectivity index (χ2v) is 9.55. The number of hydrogen-bond acceptors (Lipinski definition) is 3. The van der Waals surface area contributed by atoms with Crippen LogP contribution < -0.4 is 15.5 Å². The van der Waals surface area contributed by atoms with Crippen molar-refractivity contribution in [3.05, 3.63) is 58.5 Å². The van der Waals surface area contributed by atoms with E-state index in [4.69, 9.17) is 4.74 Å². The van der Waals surface area contributed by atoms with E-state index >= 15 is 0 Å². The molecule has 1 saturated carbocycles. The molecule has 1 N–H and O–H groups in total. The first-order valence-corrected chi connectivity index (χ1v) is 11.4. The maximum absolute atomic E-state index is 12.6. The van der Waals surface area contributed by atoms with Gasteiger partial charge in [-0.15, -0.1) is 0 Å². The smallest absolute Gasteiger partial charge is 0.258 e. The molecule has 5 heteroatoms. The Morgan fingerprint density at radius 1 is 1.15 bits per heavy atom. The number of hydrogen-bond donors (Lipinski definition) is 1. The van der Waals surface area contributed by atoms with Gasteiger partial charge in [-0.05, 0) is 53.6 Å². The van der Waals surface area contributed by atoms with E-state index in [0.29, 0.717) is 11.3 Å². The summed E-state index contributed by atoms with van der Waals surface area (Å²) in [6, 6.07) is 11.9. The van der Waals surface area contributed by atoms with Crippen LogP contribution in [0, 0.1) is 5.92 Å². The summed E-state index contributed by atoms with van der Waals surface area (Å²) in [5.74, 6) is 1.59. The Labute approximate surface area is 159 Å². The van der Waals surface area contributed by atoms with Gasteiger partial charge in [-0.3, -0.25) is 4.79 Å². The third kappa shape index (κ3) is 2.73. The number of rotatable bonds is 3. The van der Waals surface area contributed by atoms with Crippen molar-refractivity contribution in [2.75, 3.05) is 0 Å². The van der Waals surface area contributed by atoms with Crippen LogP contribution in [0.2, 0.25) is 6.55 Å². The lowest BCUT2D eigenvalue weighted by atomic mass is 9.97. The Hall–Kier alpha value is -2.37. The SMILES string of the molecule is Cn1cc(-c2cc([Si](C)O)cc3c2OC(C2CC2)C3)c2ccccc2c1=O. The molecule has 1 aliphatic carbocycles. The molecule has 1 fully saturated rings. The van der Waals surface area contributed by atoms with Gasteiger partial charge < -0.3 is 14.1 Å². The minimum atomic E-state index is -1.58. The number of fused-ring (bicyclic) bond motifs is 2. The van der Waals surface area contributed by atoms with Gasteiger partial charge >= 0.3 is 0 Å². The highest BCUT2D eigenvalue weighted by molar-refractivity contribution is 6.65. The Morgan fingerprint density at radius 2 is 1.89 bits per heavy atom. The van der Waals surface area contributed by atoms with Crippen molar-refractivity contribution in [3.8, 4) is 16.9 Å². The molecular weight excluding hydrogens is 354 g/mol. The summed E-state index contributed by atoms with van der Waals surface area (Å²) in [5, 5.41) is 2.63. The lowest BCUT2D eigenvalue weighted by Crippen LogP contribution is -2.26. The Morgan fingerprint density at radius 3 is 2.59 bits per heavy atom. The minimum absolute atomic E-state index is 0.00123. The average molecular weight is 377 g/mol. The minimum Gasteiger partial charge on any atom is -0.489 e. The fourth-order valence-electron chi connectivity index (χ4n) is 4.16. The molecule has 1 aliphatic heterocycles. The monoisotopic (exact) mass is 376 g/mol. The second-order valence-electron chi connectivity index (χ2n) is 7.80. The van der Waals surface area contributed by atoms with E-state index in [2.05, 4.69) is 12.1 Å². The van der Waals surface area contributed by atoms with Crippen molar-refractivity contribution in [2.45, 2.75) is 31.9 Å². The van der Waals surface area contributed by atoms with Gasteiger partial charge in [0, 0.05) is 36.2 Å². The zero-order valence-electron chi connectivity index (χ0n) is 15.5. The molecule has 1 radical (unpaired) electrons. The summed E-state index contributed by atoms with van der Waals surface area (Å²) in [6.45, 7) is 1.89. The number of ether oxygens (including phenoxy) is 1. The van der Waals surface area contributed by atoms with Gasteiger partial charge in [-0.1, -0.05) is 24.3 Å². The van der Waals surface area contributed by atoms with E-state index in [1.807, 2.05) is 37.0 Å². The Balaban J connectivity index is 1.78. The summed E-state index contributed by atoms with van der Waals surface area (Å²) in [5.41, 5.74) is 3.18. The molecule has 2 aliphatic rings. The molecule has 3 aromatic rings. The van der Waals surface area contributed by atoms with Gasteiger partial charge in [-0.25, -0.2) is 0 Å². The number of aromatic nitrogens is 1. The maximum Gasteiger partial charge on any atom is 0.258 e. The first-order valence-electron chi connectivity index (χ1n) is 9.48. The van der Waals surface area contributed by atoms with Crippen LogP contribution >= 0.6 is 0 Å². The van der Waals surface area contributed by atoms with E-state index in [0.717, 1.165) is 33.9 Å². The van der Waals surface area contributed by atoms with Crippen molar-refractivity contribution in [1.29, 1.82) is 0 Å². The lowest BCUT2D eigenvalue weighted by Gasteiger charge is -2.16. The van der Waals surface area contributed by atoms with Gasteiger partial charge in [0.1, 0.15) is 11.9 Å². The number of pyridine rings is 1.